The minimum atomic E-state index is -3.59. The van der Waals surface area contributed by atoms with Crippen LogP contribution in [0, 0.1) is 0 Å². The van der Waals surface area contributed by atoms with Crippen LogP contribution in [0.15, 0.2) is 65.6 Å². The number of nitrogens with zero attached hydrogens (tertiary/aromatic N) is 1. The van der Waals surface area contributed by atoms with Crippen LogP contribution >= 0.6 is 0 Å². The number of sulfone groups is 1. The quantitative estimate of drug-likeness (QED) is 0.693. The van der Waals surface area contributed by atoms with E-state index in [4.69, 9.17) is 4.74 Å². The van der Waals surface area contributed by atoms with E-state index >= 15 is 0 Å². The Balaban J connectivity index is 2.07. The molecule has 0 N–H and O–H groups in total. The van der Waals surface area contributed by atoms with E-state index in [0.717, 1.165) is 0 Å². The smallest absolute Gasteiger partial charge is 0.307 e. The summed E-state index contributed by atoms with van der Waals surface area (Å²) in [6, 6.07) is 16.5. The van der Waals surface area contributed by atoms with E-state index in [2.05, 4.69) is 0 Å². The van der Waals surface area contributed by atoms with Crippen molar-refractivity contribution in [3.63, 3.8) is 0 Å². The molecule has 0 aliphatic carbocycles. The minimum Gasteiger partial charge on any atom is -0.447 e. The first kappa shape index (κ1) is 19.7. The lowest BCUT2D eigenvalue weighted by Crippen LogP contribution is -2.31. The molecule has 0 saturated heterocycles. The highest BCUT2D eigenvalue weighted by atomic mass is 32.2. The molecule has 1 atom stereocenters. The number of amides is 1. The maximum absolute atomic E-state index is 12.3. The Morgan fingerprint density at radius 1 is 0.962 bits per heavy atom. The van der Waals surface area contributed by atoms with Crippen LogP contribution < -0.4 is 0 Å². The van der Waals surface area contributed by atoms with Crippen molar-refractivity contribution >= 4 is 21.7 Å². The van der Waals surface area contributed by atoms with Gasteiger partial charge in [-0.3, -0.25) is 9.59 Å². The summed E-state index contributed by atoms with van der Waals surface area (Å²) in [5.74, 6) is -1.52. The number of carbonyl (C=O) groups excluding carboxylic acids is 2. The summed E-state index contributed by atoms with van der Waals surface area (Å²) in [5, 5.41) is 0. The predicted molar refractivity (Wildman–Crippen MR) is 97.1 cm³/mol. The van der Waals surface area contributed by atoms with Crippen molar-refractivity contribution in [2.75, 3.05) is 19.8 Å². The number of esters is 1. The summed E-state index contributed by atoms with van der Waals surface area (Å²) in [4.78, 5) is 26.0. The molecular weight excluding hydrogens is 354 g/mol. The third-order valence-corrected chi connectivity index (χ3v) is 5.43. The highest BCUT2D eigenvalue weighted by Crippen LogP contribution is 2.20. The van der Waals surface area contributed by atoms with Crippen molar-refractivity contribution in [3.05, 3.63) is 66.2 Å². The van der Waals surface area contributed by atoms with Crippen molar-refractivity contribution in [3.8, 4) is 0 Å². The Morgan fingerprint density at radius 3 is 2.04 bits per heavy atom. The first-order chi connectivity index (χ1) is 12.3. The molecule has 0 aliphatic rings. The van der Waals surface area contributed by atoms with Crippen molar-refractivity contribution < 1.29 is 22.7 Å². The van der Waals surface area contributed by atoms with Gasteiger partial charge in [-0.15, -0.1) is 0 Å². The van der Waals surface area contributed by atoms with E-state index in [9.17, 15) is 18.0 Å². The van der Waals surface area contributed by atoms with Crippen molar-refractivity contribution in [2.45, 2.75) is 17.4 Å². The number of ether oxygens (including phenoxy) is 1. The van der Waals surface area contributed by atoms with Crippen LogP contribution in [0.5, 0.6) is 0 Å². The normalized spacial score (nSPS) is 12.2. The summed E-state index contributed by atoms with van der Waals surface area (Å²) < 4.78 is 29.8. The van der Waals surface area contributed by atoms with Gasteiger partial charge in [-0.05, 0) is 12.1 Å². The molecule has 0 heterocycles. The van der Waals surface area contributed by atoms with Crippen LogP contribution in [0.4, 0.5) is 0 Å². The van der Waals surface area contributed by atoms with Crippen LogP contribution in [0.3, 0.4) is 0 Å². The molecule has 7 heteroatoms. The van der Waals surface area contributed by atoms with E-state index in [-0.39, 0.29) is 17.1 Å². The van der Waals surface area contributed by atoms with Crippen LogP contribution in [0.25, 0.3) is 0 Å². The minimum absolute atomic E-state index is 0.150. The topological polar surface area (TPSA) is 80.8 Å². The third kappa shape index (κ3) is 5.16. The van der Waals surface area contributed by atoms with Crippen LogP contribution in [0.1, 0.15) is 18.1 Å². The van der Waals surface area contributed by atoms with E-state index in [1.54, 1.807) is 62.6 Å². The number of benzene rings is 2. The average molecular weight is 375 g/mol. The van der Waals surface area contributed by atoms with Gasteiger partial charge in [0.05, 0.1) is 17.1 Å². The summed E-state index contributed by atoms with van der Waals surface area (Å²) in [6.07, 6.45) is -1.43. The zero-order valence-corrected chi connectivity index (χ0v) is 15.5. The Kier molecular flexibility index (Phi) is 6.52. The summed E-state index contributed by atoms with van der Waals surface area (Å²) >= 11 is 0. The van der Waals surface area contributed by atoms with Crippen molar-refractivity contribution in [1.29, 1.82) is 0 Å². The van der Waals surface area contributed by atoms with Crippen LogP contribution in [0.2, 0.25) is 0 Å². The first-order valence-electron chi connectivity index (χ1n) is 8.04. The second-order valence-electron chi connectivity index (χ2n) is 5.90. The molecule has 2 aromatic rings. The molecule has 6 nitrogen and oxygen atoms in total. The summed E-state index contributed by atoms with van der Waals surface area (Å²) in [7, 11) is -0.466. The molecule has 26 heavy (non-hydrogen) atoms. The van der Waals surface area contributed by atoms with Gasteiger partial charge in [-0.1, -0.05) is 48.5 Å². The summed E-state index contributed by atoms with van der Waals surface area (Å²) in [6.45, 7) is 0. The van der Waals surface area contributed by atoms with E-state index in [1.807, 2.05) is 0 Å². The highest BCUT2D eigenvalue weighted by molar-refractivity contribution is 7.91. The molecule has 0 aliphatic heterocycles. The van der Waals surface area contributed by atoms with Gasteiger partial charge in [0.1, 0.15) is 0 Å². The molecule has 0 spiro atoms. The third-order valence-electron chi connectivity index (χ3n) is 3.69. The lowest BCUT2D eigenvalue weighted by Gasteiger charge is -2.21. The second kappa shape index (κ2) is 8.62. The predicted octanol–water partition coefficient (Wildman–Crippen LogP) is 2.22. The maximum Gasteiger partial charge on any atom is 0.307 e. The Hall–Kier alpha value is -2.67. The highest BCUT2D eigenvalue weighted by Gasteiger charge is 2.27. The van der Waals surface area contributed by atoms with Gasteiger partial charge in [0.25, 0.3) is 5.91 Å². The van der Waals surface area contributed by atoms with Gasteiger partial charge in [-0.2, -0.15) is 0 Å². The van der Waals surface area contributed by atoms with Crippen LogP contribution in [-0.4, -0.2) is 45.0 Å². The largest absolute Gasteiger partial charge is 0.447 e. The fraction of sp³-hybridized carbons (Fsp3) is 0.263. The molecule has 0 aromatic heterocycles. The van der Waals surface area contributed by atoms with E-state index < -0.39 is 27.8 Å². The summed E-state index contributed by atoms with van der Waals surface area (Å²) in [5.41, 5.74) is 0.533. The molecular formula is C19H21NO5S. The monoisotopic (exact) mass is 375 g/mol. The first-order valence-corrected chi connectivity index (χ1v) is 9.70. The number of carbonyl (C=O) groups is 2. The van der Waals surface area contributed by atoms with Gasteiger partial charge in [0.2, 0.25) is 6.10 Å². The van der Waals surface area contributed by atoms with Crippen LogP contribution in [-0.2, 0) is 24.2 Å². The number of likely N-dealkylation sites (N-methyl/N-ethyl adjacent to an activating group) is 1. The van der Waals surface area contributed by atoms with Gasteiger partial charge < -0.3 is 9.64 Å². The number of rotatable bonds is 7. The number of hydrogen-bond acceptors (Lipinski definition) is 5. The lowest BCUT2D eigenvalue weighted by molar-refractivity contribution is -0.159. The van der Waals surface area contributed by atoms with Crippen molar-refractivity contribution in [2.24, 2.45) is 0 Å². The van der Waals surface area contributed by atoms with E-state index in [0.29, 0.717) is 5.56 Å². The molecule has 2 rings (SSSR count). The SMILES string of the molecule is CN(C)C(=O)[C@@H](OC(=O)CCS(=O)(=O)c1ccccc1)c1ccccc1. The Morgan fingerprint density at radius 2 is 1.50 bits per heavy atom. The molecule has 0 unspecified atom stereocenters. The Labute approximate surface area is 153 Å². The van der Waals surface area contributed by atoms with Gasteiger partial charge in [0.15, 0.2) is 9.84 Å². The van der Waals surface area contributed by atoms with Gasteiger partial charge in [-0.25, -0.2) is 8.42 Å². The standard InChI is InChI=1S/C19H21NO5S/c1-20(2)19(22)18(15-9-5-3-6-10-15)25-17(21)13-14-26(23,24)16-11-7-4-8-12-16/h3-12,18H,13-14H2,1-2H3/t18-/m0/s1. The molecule has 2 aromatic carbocycles. The fourth-order valence-corrected chi connectivity index (χ4v) is 3.52. The van der Waals surface area contributed by atoms with E-state index in [1.165, 1.54) is 17.0 Å². The maximum atomic E-state index is 12.3. The molecule has 0 bridgehead atoms. The molecule has 1 amide bonds. The lowest BCUT2D eigenvalue weighted by atomic mass is 10.1. The molecule has 0 radical (unpaired) electrons. The zero-order valence-electron chi connectivity index (χ0n) is 14.7. The second-order valence-corrected chi connectivity index (χ2v) is 8.00. The fourth-order valence-electron chi connectivity index (χ4n) is 2.28. The number of hydrogen-bond donors (Lipinski definition) is 0. The Bertz CT molecular complexity index is 848. The van der Waals surface area contributed by atoms with Gasteiger partial charge in [0, 0.05) is 19.7 Å². The van der Waals surface area contributed by atoms with Gasteiger partial charge >= 0.3 is 5.97 Å². The average Bonchev–Trinajstić information content (AvgIpc) is 2.65. The van der Waals surface area contributed by atoms with Crippen molar-refractivity contribution in [1.82, 2.24) is 4.90 Å². The molecule has 138 valence electrons. The molecule has 0 fully saturated rings. The molecule has 0 saturated carbocycles. The zero-order chi connectivity index (χ0) is 19.2.